The van der Waals surface area contributed by atoms with Crippen molar-refractivity contribution in [1.29, 1.82) is 0 Å². The van der Waals surface area contributed by atoms with Crippen molar-refractivity contribution in [3.63, 3.8) is 0 Å². The lowest BCUT2D eigenvalue weighted by Crippen LogP contribution is -2.13. The van der Waals surface area contributed by atoms with E-state index in [0.717, 1.165) is 0 Å². The van der Waals surface area contributed by atoms with E-state index in [9.17, 15) is 9.59 Å². The molecule has 0 spiro atoms. The van der Waals surface area contributed by atoms with Gasteiger partial charge in [0.25, 0.3) is 5.91 Å². The molecule has 0 aliphatic heterocycles. The lowest BCUT2D eigenvalue weighted by atomic mass is 10.2. The molecule has 1 amide bonds. The molecule has 3 N–H and O–H groups in total. The molecular formula is C13H13N3O3S. The lowest BCUT2D eigenvalue weighted by molar-refractivity contribution is 0.0600. The number of aromatic nitrogens is 1. The number of carbonyl (C=O) groups is 2. The lowest BCUT2D eigenvalue weighted by Gasteiger charge is -2.04. The quantitative estimate of drug-likeness (QED) is 0.835. The Bertz CT molecular complexity index is 622. The molecule has 1 heterocycles. The van der Waals surface area contributed by atoms with Crippen LogP contribution in [0.3, 0.4) is 0 Å². The van der Waals surface area contributed by atoms with Crippen LogP contribution in [0.1, 0.15) is 25.9 Å². The fraction of sp³-hybridized carbons (Fsp3) is 0.154. The minimum atomic E-state index is -0.421. The van der Waals surface area contributed by atoms with Gasteiger partial charge in [-0.15, -0.1) is 11.3 Å². The number of anilines is 1. The smallest absolute Gasteiger partial charge is 0.337 e. The third-order valence-electron chi connectivity index (χ3n) is 2.52. The standard InChI is InChI=1S/C13H13N3O3S/c1-19-13(18)8-2-4-9(5-3-8)15-12(17)10-7-20-11(6-14)16-10/h2-5,7H,6,14H2,1H3,(H,15,17). The highest BCUT2D eigenvalue weighted by atomic mass is 32.1. The molecule has 7 heteroatoms. The summed E-state index contributed by atoms with van der Waals surface area (Å²) in [5.74, 6) is -0.735. The van der Waals surface area contributed by atoms with Crippen molar-refractivity contribution in [1.82, 2.24) is 4.98 Å². The Hall–Kier alpha value is -2.25. The third-order valence-corrected chi connectivity index (χ3v) is 3.39. The second-order valence-electron chi connectivity index (χ2n) is 3.85. The van der Waals surface area contributed by atoms with Crippen molar-refractivity contribution < 1.29 is 14.3 Å². The monoisotopic (exact) mass is 291 g/mol. The van der Waals surface area contributed by atoms with Gasteiger partial charge in [0.05, 0.1) is 12.7 Å². The molecule has 0 atom stereocenters. The number of carbonyl (C=O) groups excluding carboxylic acids is 2. The maximum atomic E-state index is 11.9. The average molecular weight is 291 g/mol. The van der Waals surface area contributed by atoms with Gasteiger partial charge in [-0.05, 0) is 24.3 Å². The normalized spacial score (nSPS) is 10.1. The van der Waals surface area contributed by atoms with Crippen molar-refractivity contribution in [2.75, 3.05) is 12.4 Å². The van der Waals surface area contributed by atoms with Gasteiger partial charge in [-0.25, -0.2) is 9.78 Å². The first-order valence-electron chi connectivity index (χ1n) is 5.78. The summed E-state index contributed by atoms with van der Waals surface area (Å²) < 4.78 is 4.59. The fourth-order valence-corrected chi connectivity index (χ4v) is 2.17. The summed E-state index contributed by atoms with van der Waals surface area (Å²) in [7, 11) is 1.31. The largest absolute Gasteiger partial charge is 0.465 e. The zero-order chi connectivity index (χ0) is 14.5. The van der Waals surface area contributed by atoms with Crippen LogP contribution in [-0.2, 0) is 11.3 Å². The van der Waals surface area contributed by atoms with Crippen molar-refractivity contribution in [3.8, 4) is 0 Å². The first-order chi connectivity index (χ1) is 9.63. The Kier molecular flexibility index (Phi) is 4.44. The molecule has 0 aliphatic rings. The summed E-state index contributed by atoms with van der Waals surface area (Å²) in [5.41, 5.74) is 6.77. The van der Waals surface area contributed by atoms with Crippen LogP contribution in [0.5, 0.6) is 0 Å². The van der Waals surface area contributed by atoms with E-state index < -0.39 is 5.97 Å². The van der Waals surface area contributed by atoms with Crippen LogP contribution in [0, 0.1) is 0 Å². The molecule has 104 valence electrons. The molecule has 2 rings (SSSR count). The number of methoxy groups -OCH3 is 1. The zero-order valence-electron chi connectivity index (χ0n) is 10.8. The third kappa shape index (κ3) is 3.19. The Labute approximate surface area is 119 Å². The number of thiazole rings is 1. The molecule has 6 nitrogen and oxygen atoms in total. The minimum Gasteiger partial charge on any atom is -0.465 e. The van der Waals surface area contributed by atoms with Gasteiger partial charge in [0.2, 0.25) is 0 Å². The number of benzene rings is 1. The first-order valence-corrected chi connectivity index (χ1v) is 6.66. The highest BCUT2D eigenvalue weighted by Crippen LogP contribution is 2.14. The minimum absolute atomic E-state index is 0.311. The van der Waals surface area contributed by atoms with Gasteiger partial charge in [-0.1, -0.05) is 0 Å². The predicted molar refractivity (Wildman–Crippen MR) is 75.7 cm³/mol. The first kappa shape index (κ1) is 14.2. The Morgan fingerprint density at radius 2 is 2.05 bits per heavy atom. The highest BCUT2D eigenvalue weighted by Gasteiger charge is 2.11. The molecule has 0 fully saturated rings. The van der Waals surface area contributed by atoms with Gasteiger partial charge in [-0.3, -0.25) is 4.79 Å². The van der Waals surface area contributed by atoms with Gasteiger partial charge >= 0.3 is 5.97 Å². The van der Waals surface area contributed by atoms with E-state index in [4.69, 9.17) is 5.73 Å². The van der Waals surface area contributed by atoms with E-state index in [2.05, 4.69) is 15.0 Å². The van der Waals surface area contributed by atoms with Crippen molar-refractivity contribution in [2.24, 2.45) is 5.73 Å². The average Bonchev–Trinajstić information content (AvgIpc) is 2.96. The second kappa shape index (κ2) is 6.27. The van der Waals surface area contributed by atoms with Crippen molar-refractivity contribution in [2.45, 2.75) is 6.54 Å². The van der Waals surface area contributed by atoms with E-state index in [1.807, 2.05) is 0 Å². The number of nitrogens with zero attached hydrogens (tertiary/aromatic N) is 1. The van der Waals surface area contributed by atoms with Crippen LogP contribution >= 0.6 is 11.3 Å². The summed E-state index contributed by atoms with van der Waals surface area (Å²) in [5, 5.41) is 5.05. The zero-order valence-corrected chi connectivity index (χ0v) is 11.6. The molecule has 0 saturated carbocycles. The molecule has 0 saturated heterocycles. The summed E-state index contributed by atoms with van der Waals surface area (Å²) in [6.45, 7) is 0.311. The maximum Gasteiger partial charge on any atom is 0.337 e. The van der Waals surface area contributed by atoms with Crippen LogP contribution in [0.15, 0.2) is 29.6 Å². The summed E-state index contributed by atoms with van der Waals surface area (Å²) >= 11 is 1.34. The molecule has 1 aromatic carbocycles. The number of hydrogen-bond acceptors (Lipinski definition) is 6. The molecule has 0 aliphatic carbocycles. The second-order valence-corrected chi connectivity index (χ2v) is 4.80. The topological polar surface area (TPSA) is 94.3 Å². The van der Waals surface area contributed by atoms with E-state index in [1.165, 1.54) is 18.4 Å². The van der Waals surface area contributed by atoms with Crippen LogP contribution in [0.4, 0.5) is 5.69 Å². The van der Waals surface area contributed by atoms with Gasteiger partial charge in [0.1, 0.15) is 10.7 Å². The molecule has 20 heavy (non-hydrogen) atoms. The SMILES string of the molecule is COC(=O)c1ccc(NC(=O)c2csc(CN)n2)cc1. The van der Waals surface area contributed by atoms with Gasteiger partial charge < -0.3 is 15.8 Å². The number of ether oxygens (including phenoxy) is 1. The molecule has 0 bridgehead atoms. The van der Waals surface area contributed by atoms with Gasteiger partial charge in [0.15, 0.2) is 0 Å². The Morgan fingerprint density at radius 1 is 1.35 bits per heavy atom. The predicted octanol–water partition coefficient (Wildman–Crippen LogP) is 1.64. The van der Waals surface area contributed by atoms with Crippen molar-refractivity contribution in [3.05, 3.63) is 45.9 Å². The Balaban J connectivity index is 2.06. The molecule has 0 unspecified atom stereocenters. The molecular weight excluding hydrogens is 278 g/mol. The number of rotatable bonds is 4. The van der Waals surface area contributed by atoms with Gasteiger partial charge in [0, 0.05) is 17.6 Å². The number of hydrogen-bond donors (Lipinski definition) is 2. The number of esters is 1. The highest BCUT2D eigenvalue weighted by molar-refractivity contribution is 7.09. The van der Waals surface area contributed by atoms with E-state index >= 15 is 0 Å². The van der Waals surface area contributed by atoms with Crippen LogP contribution in [0.2, 0.25) is 0 Å². The number of amides is 1. The van der Waals surface area contributed by atoms with Gasteiger partial charge in [-0.2, -0.15) is 0 Å². The van der Waals surface area contributed by atoms with E-state index in [-0.39, 0.29) is 5.91 Å². The van der Waals surface area contributed by atoms with E-state index in [1.54, 1.807) is 29.6 Å². The number of nitrogens with two attached hydrogens (primary N) is 1. The van der Waals surface area contributed by atoms with Crippen LogP contribution in [0.25, 0.3) is 0 Å². The summed E-state index contributed by atoms with van der Waals surface area (Å²) in [6.07, 6.45) is 0. The van der Waals surface area contributed by atoms with E-state index in [0.29, 0.717) is 28.5 Å². The van der Waals surface area contributed by atoms with Crippen LogP contribution in [-0.4, -0.2) is 24.0 Å². The maximum absolute atomic E-state index is 11.9. The Morgan fingerprint density at radius 3 is 2.60 bits per heavy atom. The van der Waals surface area contributed by atoms with Crippen LogP contribution < -0.4 is 11.1 Å². The molecule has 1 aromatic heterocycles. The molecule has 2 aromatic rings. The summed E-state index contributed by atoms with van der Waals surface area (Å²) in [6, 6.07) is 6.41. The summed E-state index contributed by atoms with van der Waals surface area (Å²) in [4.78, 5) is 27.3. The fourth-order valence-electron chi connectivity index (χ4n) is 1.51. The number of nitrogens with one attached hydrogen (secondary N) is 1. The van der Waals surface area contributed by atoms with Crippen molar-refractivity contribution >= 4 is 28.9 Å². The molecule has 0 radical (unpaired) electrons.